The highest BCUT2D eigenvalue weighted by Gasteiger charge is 2.34. The Bertz CT molecular complexity index is 1120. The van der Waals surface area contributed by atoms with Gasteiger partial charge in [-0.15, -0.1) is 0 Å². The first-order valence-electron chi connectivity index (χ1n) is 9.58. The number of ether oxygens (including phenoxy) is 1. The molecule has 1 aliphatic heterocycles. The molecule has 0 aromatic carbocycles. The molecule has 4 rings (SSSR count). The molecule has 1 saturated heterocycles. The van der Waals surface area contributed by atoms with Gasteiger partial charge in [0.15, 0.2) is 0 Å². The molecule has 3 aromatic rings. The predicted octanol–water partition coefficient (Wildman–Crippen LogP) is 2.73. The van der Waals surface area contributed by atoms with Gasteiger partial charge in [-0.05, 0) is 26.0 Å². The zero-order valence-electron chi connectivity index (χ0n) is 16.9. The lowest BCUT2D eigenvalue weighted by Gasteiger charge is -2.40. The lowest BCUT2D eigenvalue weighted by molar-refractivity contribution is -0.187. The van der Waals surface area contributed by atoms with Crippen molar-refractivity contribution in [3.8, 4) is 11.3 Å². The topological polar surface area (TPSA) is 86.3 Å². The highest BCUT2D eigenvalue weighted by Crippen LogP contribution is 2.26. The zero-order chi connectivity index (χ0) is 22.2. The monoisotopic (exact) mass is 435 g/mol. The van der Waals surface area contributed by atoms with Crippen LogP contribution in [0, 0.1) is 13.8 Å². The molecular weight excluding hydrogens is 415 g/mol. The van der Waals surface area contributed by atoms with Gasteiger partial charge in [-0.3, -0.25) is 9.78 Å². The molecule has 4 heterocycles. The summed E-state index contributed by atoms with van der Waals surface area (Å²) in [5.41, 5.74) is 3.15. The van der Waals surface area contributed by atoms with Gasteiger partial charge in [-0.2, -0.15) is 18.3 Å². The third-order valence-electron chi connectivity index (χ3n) is 5.03. The predicted molar refractivity (Wildman–Crippen MR) is 105 cm³/mol. The molecular formula is C20H20F3N5O3. The highest BCUT2D eigenvalue weighted by molar-refractivity contribution is 5.62. The minimum Gasteiger partial charge on any atom is -0.365 e. The second-order valence-corrected chi connectivity index (χ2v) is 7.42. The van der Waals surface area contributed by atoms with Gasteiger partial charge in [0.25, 0.3) is 5.56 Å². The standard InChI is InChI=1S/C20H20F3N5O3/c1-12-3-4-14(6-24-12)19-17(13(2)31-26-19)10-28-18(29)5-15(7-25-28)27-8-16(9-27)30-11-20(21,22)23/h3-7,16H,8-11H2,1-2H3. The van der Waals surface area contributed by atoms with E-state index in [2.05, 4.69) is 15.2 Å². The molecule has 11 heteroatoms. The number of nitrogens with zero attached hydrogens (tertiary/aromatic N) is 5. The van der Waals surface area contributed by atoms with E-state index in [1.165, 1.54) is 16.9 Å². The van der Waals surface area contributed by atoms with Crippen LogP contribution in [0.15, 0.2) is 39.9 Å². The van der Waals surface area contributed by atoms with Crippen molar-refractivity contribution in [2.75, 3.05) is 24.6 Å². The third kappa shape index (κ3) is 4.76. The fourth-order valence-corrected chi connectivity index (χ4v) is 3.24. The molecule has 0 N–H and O–H groups in total. The zero-order valence-corrected chi connectivity index (χ0v) is 16.9. The minimum atomic E-state index is -4.35. The average molecular weight is 435 g/mol. The molecule has 31 heavy (non-hydrogen) atoms. The average Bonchev–Trinajstić information content (AvgIpc) is 3.03. The summed E-state index contributed by atoms with van der Waals surface area (Å²) in [5.74, 6) is 0.570. The molecule has 0 atom stereocenters. The van der Waals surface area contributed by atoms with Gasteiger partial charge in [0, 0.05) is 42.2 Å². The fourth-order valence-electron chi connectivity index (χ4n) is 3.24. The van der Waals surface area contributed by atoms with Crippen LogP contribution in [0.5, 0.6) is 0 Å². The summed E-state index contributed by atoms with van der Waals surface area (Å²) in [6.45, 7) is 3.07. The Morgan fingerprint density at radius 3 is 2.65 bits per heavy atom. The molecule has 0 bridgehead atoms. The maximum absolute atomic E-state index is 12.6. The van der Waals surface area contributed by atoms with Crippen LogP contribution in [0.2, 0.25) is 0 Å². The number of pyridine rings is 1. The first-order valence-corrected chi connectivity index (χ1v) is 9.58. The summed E-state index contributed by atoms with van der Waals surface area (Å²) in [7, 11) is 0. The first kappa shape index (κ1) is 21.0. The van der Waals surface area contributed by atoms with E-state index in [0.29, 0.717) is 17.1 Å². The van der Waals surface area contributed by atoms with E-state index in [4.69, 9.17) is 9.26 Å². The summed E-state index contributed by atoms with van der Waals surface area (Å²) < 4.78 is 48.1. The molecule has 8 nitrogen and oxygen atoms in total. The van der Waals surface area contributed by atoms with Crippen LogP contribution in [0.25, 0.3) is 11.3 Å². The number of aryl methyl sites for hydroxylation is 2. The molecule has 1 fully saturated rings. The normalized spacial score (nSPS) is 14.7. The van der Waals surface area contributed by atoms with Crippen LogP contribution in [-0.4, -0.2) is 51.9 Å². The number of halogens is 3. The summed E-state index contributed by atoms with van der Waals surface area (Å²) in [5, 5.41) is 8.31. The van der Waals surface area contributed by atoms with E-state index >= 15 is 0 Å². The summed E-state index contributed by atoms with van der Waals surface area (Å²) in [6, 6.07) is 5.15. The highest BCUT2D eigenvalue weighted by atomic mass is 19.4. The Balaban J connectivity index is 1.45. The molecule has 164 valence electrons. The van der Waals surface area contributed by atoms with E-state index in [-0.39, 0.29) is 25.2 Å². The number of hydrogen-bond acceptors (Lipinski definition) is 7. The molecule has 3 aromatic heterocycles. The van der Waals surface area contributed by atoms with Gasteiger partial charge in [0.05, 0.1) is 24.5 Å². The summed E-state index contributed by atoms with van der Waals surface area (Å²) in [6.07, 6.45) is -1.67. The molecule has 0 aliphatic carbocycles. The number of alkyl halides is 3. The van der Waals surface area contributed by atoms with Gasteiger partial charge in [-0.25, -0.2) is 4.68 Å². The summed E-state index contributed by atoms with van der Waals surface area (Å²) >= 11 is 0. The van der Waals surface area contributed by atoms with Crippen LogP contribution in [0.1, 0.15) is 17.0 Å². The van der Waals surface area contributed by atoms with Crippen molar-refractivity contribution in [3.05, 3.63) is 58.0 Å². The van der Waals surface area contributed by atoms with Crippen LogP contribution in [0.4, 0.5) is 18.9 Å². The smallest absolute Gasteiger partial charge is 0.365 e. The summed E-state index contributed by atoms with van der Waals surface area (Å²) in [4.78, 5) is 18.6. The number of rotatable bonds is 6. The van der Waals surface area contributed by atoms with Crippen molar-refractivity contribution in [2.24, 2.45) is 0 Å². The molecule has 0 amide bonds. The van der Waals surface area contributed by atoms with Crippen LogP contribution < -0.4 is 10.5 Å². The second-order valence-electron chi connectivity index (χ2n) is 7.42. The molecule has 0 spiro atoms. The van der Waals surface area contributed by atoms with E-state index in [9.17, 15) is 18.0 Å². The number of anilines is 1. The van der Waals surface area contributed by atoms with Crippen LogP contribution >= 0.6 is 0 Å². The Hall–Kier alpha value is -3.21. The van der Waals surface area contributed by atoms with Crippen molar-refractivity contribution in [1.82, 2.24) is 19.9 Å². The lowest BCUT2D eigenvalue weighted by atomic mass is 10.1. The number of aromatic nitrogens is 4. The van der Waals surface area contributed by atoms with Crippen molar-refractivity contribution < 1.29 is 22.4 Å². The van der Waals surface area contributed by atoms with E-state index in [1.54, 1.807) is 18.0 Å². The Labute approximate surface area is 175 Å². The van der Waals surface area contributed by atoms with Crippen molar-refractivity contribution in [3.63, 3.8) is 0 Å². The van der Waals surface area contributed by atoms with Crippen molar-refractivity contribution >= 4 is 5.69 Å². The van der Waals surface area contributed by atoms with Crippen molar-refractivity contribution in [2.45, 2.75) is 32.7 Å². The van der Waals surface area contributed by atoms with Gasteiger partial charge in [0.1, 0.15) is 18.1 Å². The third-order valence-corrected chi connectivity index (χ3v) is 5.03. The Morgan fingerprint density at radius 2 is 2.00 bits per heavy atom. The van der Waals surface area contributed by atoms with E-state index in [0.717, 1.165) is 16.8 Å². The molecule has 0 unspecified atom stereocenters. The van der Waals surface area contributed by atoms with E-state index < -0.39 is 18.9 Å². The van der Waals surface area contributed by atoms with Gasteiger partial charge < -0.3 is 14.2 Å². The first-order chi connectivity index (χ1) is 14.7. The quantitative estimate of drug-likeness (QED) is 0.589. The van der Waals surface area contributed by atoms with Gasteiger partial charge in [0.2, 0.25) is 0 Å². The fraction of sp³-hybridized carbons (Fsp3) is 0.400. The van der Waals surface area contributed by atoms with Crippen LogP contribution in [0.3, 0.4) is 0 Å². The molecule has 1 aliphatic rings. The minimum absolute atomic E-state index is 0.162. The second kappa shape index (κ2) is 8.14. The molecule has 0 radical (unpaired) electrons. The maximum atomic E-state index is 12.6. The maximum Gasteiger partial charge on any atom is 0.411 e. The van der Waals surface area contributed by atoms with Crippen molar-refractivity contribution in [1.29, 1.82) is 0 Å². The van der Waals surface area contributed by atoms with Gasteiger partial charge in [-0.1, -0.05) is 5.16 Å². The van der Waals surface area contributed by atoms with Gasteiger partial charge >= 0.3 is 6.18 Å². The SMILES string of the molecule is Cc1ccc(-c2noc(C)c2Cn2ncc(N3CC(OCC(F)(F)F)C3)cc2=O)cn1. The molecule has 0 saturated carbocycles. The van der Waals surface area contributed by atoms with E-state index in [1.807, 2.05) is 19.1 Å². The Kier molecular flexibility index (Phi) is 5.52. The lowest BCUT2D eigenvalue weighted by Crippen LogP contribution is -2.53. The number of hydrogen-bond donors (Lipinski definition) is 0. The largest absolute Gasteiger partial charge is 0.411 e. The van der Waals surface area contributed by atoms with Crippen LogP contribution in [-0.2, 0) is 11.3 Å². The Morgan fingerprint density at radius 1 is 1.23 bits per heavy atom.